The van der Waals surface area contributed by atoms with Crippen molar-refractivity contribution in [3.8, 4) is 0 Å². The lowest BCUT2D eigenvalue weighted by molar-refractivity contribution is 0.124. The van der Waals surface area contributed by atoms with E-state index in [1.807, 2.05) is 0 Å². The molecule has 0 spiro atoms. The van der Waals surface area contributed by atoms with Gasteiger partial charge in [0.25, 0.3) is 0 Å². The highest BCUT2D eigenvalue weighted by atomic mass is 16.3. The molecule has 1 N–H and O–H groups in total. The van der Waals surface area contributed by atoms with E-state index in [0.29, 0.717) is 0 Å². The fourth-order valence-electron chi connectivity index (χ4n) is 2.73. The summed E-state index contributed by atoms with van der Waals surface area (Å²) in [5, 5.41) is 10.3. The van der Waals surface area contributed by atoms with Crippen molar-refractivity contribution in [3.63, 3.8) is 0 Å². The van der Waals surface area contributed by atoms with E-state index in [2.05, 4.69) is 43.9 Å². The molecule has 1 aliphatic heterocycles. The Hall–Kier alpha value is -0.860. The van der Waals surface area contributed by atoms with Gasteiger partial charge in [-0.3, -0.25) is 0 Å². The maximum atomic E-state index is 10.3. The van der Waals surface area contributed by atoms with E-state index in [-0.39, 0.29) is 6.10 Å². The second kappa shape index (κ2) is 5.19. The average molecular weight is 233 g/mol. The minimum atomic E-state index is -0.346. The molecule has 0 saturated carbocycles. The number of aliphatic hydroxyl groups is 1. The maximum Gasteiger partial charge on any atom is 0.0919 e. The standard InChI is InChI=1S/C15H23NO/c1-11-4-5-14(13(3)8-11)15(17)10-16-7-6-12(2)9-16/h4-5,8,12,15,17H,6-7,9-10H2,1-3H3. The number of rotatable bonds is 3. The van der Waals surface area contributed by atoms with Crippen molar-refractivity contribution >= 4 is 0 Å². The van der Waals surface area contributed by atoms with Crippen molar-refractivity contribution in [1.29, 1.82) is 0 Å². The Bertz CT molecular complexity index is 389. The van der Waals surface area contributed by atoms with Gasteiger partial charge in [0.15, 0.2) is 0 Å². The largest absolute Gasteiger partial charge is 0.387 e. The zero-order valence-corrected chi connectivity index (χ0v) is 11.1. The average Bonchev–Trinajstić information content (AvgIpc) is 2.63. The summed E-state index contributed by atoms with van der Waals surface area (Å²) in [5.41, 5.74) is 3.54. The molecule has 0 radical (unpaired) electrons. The van der Waals surface area contributed by atoms with Crippen LogP contribution in [0.2, 0.25) is 0 Å². The van der Waals surface area contributed by atoms with Crippen LogP contribution in [0.3, 0.4) is 0 Å². The van der Waals surface area contributed by atoms with Gasteiger partial charge in [-0.15, -0.1) is 0 Å². The third-order valence-corrected chi connectivity index (χ3v) is 3.72. The Morgan fingerprint density at radius 3 is 2.76 bits per heavy atom. The SMILES string of the molecule is Cc1ccc(C(O)CN2CCC(C)C2)c(C)c1. The molecule has 1 aromatic rings. The van der Waals surface area contributed by atoms with Crippen molar-refractivity contribution < 1.29 is 5.11 Å². The van der Waals surface area contributed by atoms with E-state index in [4.69, 9.17) is 0 Å². The van der Waals surface area contributed by atoms with Crippen molar-refractivity contribution in [1.82, 2.24) is 4.90 Å². The summed E-state index contributed by atoms with van der Waals surface area (Å²) < 4.78 is 0. The van der Waals surface area contributed by atoms with Crippen LogP contribution in [0.25, 0.3) is 0 Å². The zero-order valence-electron chi connectivity index (χ0n) is 11.1. The molecule has 2 heteroatoms. The molecule has 1 aliphatic rings. The molecule has 1 heterocycles. The molecule has 1 aromatic carbocycles. The van der Waals surface area contributed by atoms with E-state index in [1.165, 1.54) is 17.5 Å². The quantitative estimate of drug-likeness (QED) is 0.867. The van der Waals surface area contributed by atoms with Gasteiger partial charge in [0.05, 0.1) is 6.10 Å². The molecule has 17 heavy (non-hydrogen) atoms. The maximum absolute atomic E-state index is 10.3. The second-order valence-electron chi connectivity index (χ2n) is 5.53. The van der Waals surface area contributed by atoms with E-state index >= 15 is 0 Å². The highest BCUT2D eigenvalue weighted by molar-refractivity contribution is 5.32. The van der Waals surface area contributed by atoms with Gasteiger partial charge < -0.3 is 10.0 Å². The molecular weight excluding hydrogens is 210 g/mol. The number of β-amino-alcohol motifs (C(OH)–C–C–N with tert-alkyl or cyclic N) is 1. The minimum Gasteiger partial charge on any atom is -0.387 e. The summed E-state index contributed by atoms with van der Waals surface area (Å²) in [6.07, 6.45) is 0.917. The summed E-state index contributed by atoms with van der Waals surface area (Å²) in [7, 11) is 0. The van der Waals surface area contributed by atoms with Gasteiger partial charge in [0.2, 0.25) is 0 Å². The number of nitrogens with zero attached hydrogens (tertiary/aromatic N) is 1. The van der Waals surface area contributed by atoms with Gasteiger partial charge in [0, 0.05) is 13.1 Å². The van der Waals surface area contributed by atoms with Crippen LogP contribution >= 0.6 is 0 Å². The zero-order chi connectivity index (χ0) is 12.4. The van der Waals surface area contributed by atoms with Crippen molar-refractivity contribution in [3.05, 3.63) is 34.9 Å². The van der Waals surface area contributed by atoms with Crippen molar-refractivity contribution in [2.75, 3.05) is 19.6 Å². The first-order valence-electron chi connectivity index (χ1n) is 6.54. The van der Waals surface area contributed by atoms with E-state index in [1.54, 1.807) is 0 Å². The Balaban J connectivity index is 2.01. The molecule has 0 aliphatic carbocycles. The topological polar surface area (TPSA) is 23.5 Å². The van der Waals surface area contributed by atoms with Crippen LogP contribution < -0.4 is 0 Å². The Morgan fingerprint density at radius 1 is 1.41 bits per heavy atom. The van der Waals surface area contributed by atoms with Gasteiger partial charge >= 0.3 is 0 Å². The summed E-state index contributed by atoms with van der Waals surface area (Å²) in [6, 6.07) is 6.29. The number of aliphatic hydroxyl groups excluding tert-OH is 1. The molecule has 2 nitrogen and oxygen atoms in total. The minimum absolute atomic E-state index is 0.346. The van der Waals surface area contributed by atoms with E-state index in [9.17, 15) is 5.11 Å². The summed E-state index contributed by atoms with van der Waals surface area (Å²) in [6.45, 7) is 9.48. The van der Waals surface area contributed by atoms with Crippen LogP contribution in [0.4, 0.5) is 0 Å². The third-order valence-electron chi connectivity index (χ3n) is 3.72. The molecule has 2 rings (SSSR count). The van der Waals surface area contributed by atoms with Crippen LogP contribution in [0.15, 0.2) is 18.2 Å². The van der Waals surface area contributed by atoms with E-state index < -0.39 is 0 Å². The molecule has 1 fully saturated rings. The fourth-order valence-corrected chi connectivity index (χ4v) is 2.73. The fraction of sp³-hybridized carbons (Fsp3) is 0.600. The molecule has 1 saturated heterocycles. The number of aryl methyl sites for hydroxylation is 2. The highest BCUT2D eigenvalue weighted by Gasteiger charge is 2.22. The third kappa shape index (κ3) is 3.08. The lowest BCUT2D eigenvalue weighted by atomic mass is 10.0. The van der Waals surface area contributed by atoms with Crippen LogP contribution in [-0.4, -0.2) is 29.6 Å². The predicted molar refractivity (Wildman–Crippen MR) is 71.1 cm³/mol. The molecular formula is C15H23NO. The highest BCUT2D eigenvalue weighted by Crippen LogP contribution is 2.23. The summed E-state index contributed by atoms with van der Waals surface area (Å²) in [5.74, 6) is 0.779. The van der Waals surface area contributed by atoms with Gasteiger partial charge in [0.1, 0.15) is 0 Å². The lowest BCUT2D eigenvalue weighted by Gasteiger charge is -2.21. The van der Waals surface area contributed by atoms with Crippen LogP contribution in [0.1, 0.15) is 36.1 Å². The Labute approximate surface area is 104 Å². The molecule has 0 bridgehead atoms. The van der Waals surface area contributed by atoms with E-state index in [0.717, 1.165) is 31.1 Å². The van der Waals surface area contributed by atoms with Gasteiger partial charge in [-0.2, -0.15) is 0 Å². The monoisotopic (exact) mass is 233 g/mol. The number of hydrogen-bond donors (Lipinski definition) is 1. The molecule has 2 unspecified atom stereocenters. The van der Waals surface area contributed by atoms with Crippen LogP contribution in [0, 0.1) is 19.8 Å². The Kier molecular flexibility index (Phi) is 3.85. The molecule has 94 valence electrons. The number of hydrogen-bond acceptors (Lipinski definition) is 2. The first-order valence-corrected chi connectivity index (χ1v) is 6.54. The first kappa shape index (κ1) is 12.6. The smallest absolute Gasteiger partial charge is 0.0919 e. The predicted octanol–water partition coefficient (Wildman–Crippen LogP) is 2.68. The molecule has 0 amide bonds. The van der Waals surface area contributed by atoms with Crippen LogP contribution in [0.5, 0.6) is 0 Å². The van der Waals surface area contributed by atoms with Crippen molar-refractivity contribution in [2.45, 2.75) is 33.3 Å². The summed E-state index contributed by atoms with van der Waals surface area (Å²) in [4.78, 5) is 2.37. The lowest BCUT2D eigenvalue weighted by Crippen LogP contribution is -2.26. The number of likely N-dealkylation sites (tertiary alicyclic amines) is 1. The normalized spacial score (nSPS) is 22.9. The van der Waals surface area contributed by atoms with Gasteiger partial charge in [-0.1, -0.05) is 30.7 Å². The first-order chi connectivity index (χ1) is 8.06. The van der Waals surface area contributed by atoms with Crippen molar-refractivity contribution in [2.24, 2.45) is 5.92 Å². The number of benzene rings is 1. The molecule has 2 atom stereocenters. The summed E-state index contributed by atoms with van der Waals surface area (Å²) >= 11 is 0. The Morgan fingerprint density at radius 2 is 2.18 bits per heavy atom. The van der Waals surface area contributed by atoms with Gasteiger partial charge in [-0.05, 0) is 43.9 Å². The molecule has 0 aromatic heterocycles. The van der Waals surface area contributed by atoms with Gasteiger partial charge in [-0.25, -0.2) is 0 Å². The van der Waals surface area contributed by atoms with Crippen LogP contribution in [-0.2, 0) is 0 Å². The second-order valence-corrected chi connectivity index (χ2v) is 5.53.